The molecule has 5 nitrogen and oxygen atoms in total. The summed E-state index contributed by atoms with van der Waals surface area (Å²) < 4.78 is 22.2. The molecule has 1 heterocycles. The van der Waals surface area contributed by atoms with Gasteiger partial charge in [0.1, 0.15) is 23.3 Å². The highest BCUT2D eigenvalue weighted by atomic mass is 32.2. The predicted octanol–water partition coefficient (Wildman–Crippen LogP) is 4.87. The number of ether oxygens (including phenoxy) is 1. The van der Waals surface area contributed by atoms with Crippen molar-refractivity contribution < 1.29 is 8.95 Å². The van der Waals surface area contributed by atoms with E-state index < -0.39 is 11.0 Å². The first-order valence-corrected chi connectivity index (χ1v) is 12.4. The van der Waals surface area contributed by atoms with E-state index in [1.165, 1.54) is 37.1 Å². The van der Waals surface area contributed by atoms with Crippen molar-refractivity contribution >= 4 is 22.3 Å². The van der Waals surface area contributed by atoms with Gasteiger partial charge in [0, 0.05) is 29.8 Å². The number of hydrogen-bond donors (Lipinski definition) is 2. The molecule has 29 heavy (non-hydrogen) atoms. The molecule has 0 radical (unpaired) electrons. The third kappa shape index (κ3) is 6.35. The van der Waals surface area contributed by atoms with Crippen LogP contribution in [-0.2, 0) is 11.0 Å². The fourth-order valence-electron chi connectivity index (χ4n) is 3.50. The minimum absolute atomic E-state index is 0.258. The highest BCUT2D eigenvalue weighted by Crippen LogP contribution is 2.39. The summed E-state index contributed by atoms with van der Waals surface area (Å²) in [7, 11) is 0.552. The summed E-state index contributed by atoms with van der Waals surface area (Å²) in [4.78, 5) is 6.56. The molecular formula is C22H33N3O2S2. The Bertz CT molecular complexity index is 824. The second-order valence-electron chi connectivity index (χ2n) is 8.63. The SMILES string of the molecule is CNCCOc1ccc(-c2cnc(C3CCCCC3)s2)c(S(=O)NC(C)(C)C)c1. The summed E-state index contributed by atoms with van der Waals surface area (Å²) in [6.45, 7) is 7.39. The Hall–Kier alpha value is -1.28. The van der Waals surface area contributed by atoms with Crippen LogP contribution in [0.1, 0.15) is 63.8 Å². The summed E-state index contributed by atoms with van der Waals surface area (Å²) in [5.74, 6) is 1.31. The summed E-state index contributed by atoms with van der Waals surface area (Å²) in [5.41, 5.74) is 0.715. The van der Waals surface area contributed by atoms with Gasteiger partial charge in [-0.3, -0.25) is 0 Å². The molecule has 0 saturated heterocycles. The summed E-state index contributed by atoms with van der Waals surface area (Å²) >= 11 is 1.75. The summed E-state index contributed by atoms with van der Waals surface area (Å²) in [6.07, 6.45) is 8.34. The Labute approximate surface area is 181 Å². The van der Waals surface area contributed by atoms with E-state index in [0.29, 0.717) is 12.5 Å². The highest BCUT2D eigenvalue weighted by molar-refractivity contribution is 7.83. The van der Waals surface area contributed by atoms with E-state index in [4.69, 9.17) is 9.72 Å². The lowest BCUT2D eigenvalue weighted by molar-refractivity contribution is 0.317. The van der Waals surface area contributed by atoms with Crippen LogP contribution in [0.4, 0.5) is 0 Å². The molecule has 0 amide bonds. The number of benzene rings is 1. The second kappa shape index (κ2) is 10.2. The van der Waals surface area contributed by atoms with E-state index in [0.717, 1.165) is 27.6 Å². The van der Waals surface area contributed by atoms with Crippen LogP contribution in [0.2, 0.25) is 0 Å². The van der Waals surface area contributed by atoms with Crippen molar-refractivity contribution in [1.82, 2.24) is 15.0 Å². The molecule has 0 spiro atoms. The van der Waals surface area contributed by atoms with Crippen molar-refractivity contribution in [3.63, 3.8) is 0 Å². The first kappa shape index (κ1) is 22.4. The summed E-state index contributed by atoms with van der Waals surface area (Å²) in [6, 6.07) is 5.88. The molecule has 0 bridgehead atoms. The average molecular weight is 436 g/mol. The van der Waals surface area contributed by atoms with Crippen molar-refractivity contribution in [2.45, 2.75) is 69.2 Å². The number of likely N-dealkylation sites (N-methyl/N-ethyl adjacent to an activating group) is 1. The quantitative estimate of drug-likeness (QED) is 0.581. The molecule has 1 aliphatic carbocycles. The lowest BCUT2D eigenvalue weighted by Crippen LogP contribution is -2.37. The fraction of sp³-hybridized carbons (Fsp3) is 0.591. The molecule has 1 fully saturated rings. The number of thiazole rings is 1. The molecule has 1 aliphatic rings. The molecule has 3 rings (SSSR count). The molecule has 1 aromatic carbocycles. The van der Waals surface area contributed by atoms with E-state index in [9.17, 15) is 4.21 Å². The van der Waals surface area contributed by atoms with Gasteiger partial charge in [0.05, 0.1) is 14.8 Å². The van der Waals surface area contributed by atoms with Gasteiger partial charge in [0.2, 0.25) is 0 Å². The lowest BCUT2D eigenvalue weighted by Gasteiger charge is -2.21. The largest absolute Gasteiger partial charge is 0.492 e. The minimum atomic E-state index is -1.34. The Morgan fingerprint density at radius 2 is 2.00 bits per heavy atom. The van der Waals surface area contributed by atoms with E-state index in [-0.39, 0.29) is 5.54 Å². The van der Waals surface area contributed by atoms with E-state index in [1.807, 2.05) is 52.2 Å². The molecule has 1 unspecified atom stereocenters. The lowest BCUT2D eigenvalue weighted by atomic mass is 9.90. The first-order valence-electron chi connectivity index (χ1n) is 10.4. The maximum absolute atomic E-state index is 13.2. The van der Waals surface area contributed by atoms with Crippen LogP contribution in [0, 0.1) is 0 Å². The molecular weight excluding hydrogens is 402 g/mol. The normalized spacial score (nSPS) is 16.7. The average Bonchev–Trinajstić information content (AvgIpc) is 3.17. The highest BCUT2D eigenvalue weighted by Gasteiger charge is 2.22. The Kier molecular flexibility index (Phi) is 7.85. The zero-order valence-electron chi connectivity index (χ0n) is 17.9. The molecule has 2 aromatic rings. The molecule has 1 atom stereocenters. The van der Waals surface area contributed by atoms with Gasteiger partial charge in [-0.05, 0) is 58.9 Å². The predicted molar refractivity (Wildman–Crippen MR) is 122 cm³/mol. The van der Waals surface area contributed by atoms with Crippen molar-refractivity contribution in [2.24, 2.45) is 0 Å². The third-order valence-electron chi connectivity index (χ3n) is 4.92. The zero-order chi connectivity index (χ0) is 20.9. The van der Waals surface area contributed by atoms with Crippen molar-refractivity contribution in [3.8, 4) is 16.2 Å². The summed E-state index contributed by atoms with van der Waals surface area (Å²) in [5, 5.41) is 4.29. The number of rotatable bonds is 8. The maximum atomic E-state index is 13.2. The van der Waals surface area contributed by atoms with Crippen LogP contribution in [0.25, 0.3) is 10.4 Å². The number of nitrogens with zero attached hydrogens (tertiary/aromatic N) is 1. The standard InChI is InChI=1S/C22H33N3O2S2/c1-22(2,3)25-29(26)20-14-17(27-13-12-23-4)10-11-18(20)19-15-24-21(28-19)16-8-6-5-7-9-16/h10-11,14-16,23,25H,5-9,12-13H2,1-4H3. The maximum Gasteiger partial charge on any atom is 0.126 e. The topological polar surface area (TPSA) is 63.2 Å². The van der Waals surface area contributed by atoms with E-state index in [1.54, 1.807) is 11.3 Å². The molecule has 160 valence electrons. The van der Waals surface area contributed by atoms with Crippen molar-refractivity contribution in [3.05, 3.63) is 29.4 Å². The molecule has 1 aromatic heterocycles. The Morgan fingerprint density at radius 3 is 2.69 bits per heavy atom. The fourth-order valence-corrected chi connectivity index (χ4v) is 5.96. The number of hydrogen-bond acceptors (Lipinski definition) is 5. The van der Waals surface area contributed by atoms with Gasteiger partial charge >= 0.3 is 0 Å². The zero-order valence-corrected chi connectivity index (χ0v) is 19.5. The van der Waals surface area contributed by atoms with Gasteiger partial charge in [0.25, 0.3) is 0 Å². The van der Waals surface area contributed by atoms with Gasteiger partial charge in [-0.15, -0.1) is 11.3 Å². The van der Waals surface area contributed by atoms with Crippen molar-refractivity contribution in [2.75, 3.05) is 20.2 Å². The molecule has 7 heteroatoms. The Morgan fingerprint density at radius 1 is 1.24 bits per heavy atom. The smallest absolute Gasteiger partial charge is 0.126 e. The van der Waals surface area contributed by atoms with E-state index in [2.05, 4.69) is 10.0 Å². The molecule has 2 N–H and O–H groups in total. The van der Waals surface area contributed by atoms with Crippen LogP contribution < -0.4 is 14.8 Å². The number of nitrogens with one attached hydrogen (secondary N) is 2. The monoisotopic (exact) mass is 435 g/mol. The van der Waals surface area contributed by atoms with Crippen LogP contribution >= 0.6 is 11.3 Å². The molecule has 1 saturated carbocycles. The van der Waals surface area contributed by atoms with Crippen LogP contribution in [0.5, 0.6) is 5.75 Å². The Balaban J connectivity index is 1.89. The van der Waals surface area contributed by atoms with Gasteiger partial charge in [-0.2, -0.15) is 0 Å². The third-order valence-corrected chi connectivity index (χ3v) is 7.64. The number of aromatic nitrogens is 1. The van der Waals surface area contributed by atoms with Gasteiger partial charge in [-0.1, -0.05) is 19.3 Å². The van der Waals surface area contributed by atoms with Crippen LogP contribution in [-0.4, -0.2) is 34.9 Å². The van der Waals surface area contributed by atoms with E-state index >= 15 is 0 Å². The van der Waals surface area contributed by atoms with Crippen molar-refractivity contribution in [1.29, 1.82) is 0 Å². The second-order valence-corrected chi connectivity index (χ2v) is 10.9. The minimum Gasteiger partial charge on any atom is -0.492 e. The van der Waals surface area contributed by atoms with Crippen LogP contribution in [0.15, 0.2) is 29.3 Å². The van der Waals surface area contributed by atoms with Crippen LogP contribution in [0.3, 0.4) is 0 Å². The van der Waals surface area contributed by atoms with Gasteiger partial charge in [0.15, 0.2) is 0 Å². The first-order chi connectivity index (χ1) is 13.9. The van der Waals surface area contributed by atoms with Gasteiger partial charge in [-0.25, -0.2) is 13.9 Å². The van der Waals surface area contributed by atoms with Gasteiger partial charge < -0.3 is 10.1 Å². The molecule has 0 aliphatic heterocycles.